The van der Waals surface area contributed by atoms with E-state index in [9.17, 15) is 4.79 Å². The third kappa shape index (κ3) is 2.58. The second-order valence-electron chi connectivity index (χ2n) is 7.96. The molecule has 1 aliphatic heterocycles. The topological polar surface area (TPSA) is 58.2 Å². The van der Waals surface area contributed by atoms with Crippen molar-refractivity contribution in [3.8, 4) is 0 Å². The molecule has 2 heterocycles. The van der Waals surface area contributed by atoms with Crippen molar-refractivity contribution in [2.24, 2.45) is 5.92 Å². The molecular weight excluding hydrogens is 301 g/mol. The van der Waals surface area contributed by atoms with E-state index in [1.54, 1.807) is 0 Å². The lowest BCUT2D eigenvalue weighted by Gasteiger charge is -2.35. The van der Waals surface area contributed by atoms with Gasteiger partial charge in [-0.15, -0.1) is 0 Å². The summed E-state index contributed by atoms with van der Waals surface area (Å²) in [4.78, 5) is 22.7. The van der Waals surface area contributed by atoms with Gasteiger partial charge in [-0.05, 0) is 58.1 Å². The van der Waals surface area contributed by atoms with Gasteiger partial charge in [0.1, 0.15) is 19.3 Å². The van der Waals surface area contributed by atoms with Crippen LogP contribution in [0.5, 0.6) is 0 Å². The molecule has 1 saturated carbocycles. The fourth-order valence-electron chi connectivity index (χ4n) is 4.10. The minimum atomic E-state index is -0.494. The van der Waals surface area contributed by atoms with Gasteiger partial charge in [-0.1, -0.05) is 11.5 Å². The number of carbonyl (C=O) groups is 1. The molecule has 2 fully saturated rings. The van der Waals surface area contributed by atoms with Crippen molar-refractivity contribution in [1.29, 1.82) is 0 Å². The van der Waals surface area contributed by atoms with Crippen LogP contribution in [0.2, 0.25) is 0 Å². The van der Waals surface area contributed by atoms with Crippen molar-refractivity contribution in [1.82, 2.24) is 14.9 Å². The van der Waals surface area contributed by atoms with Gasteiger partial charge in [0.05, 0.1) is 17.1 Å². The Hall–Kier alpha value is -1.98. The first-order valence-corrected chi connectivity index (χ1v) is 8.58. The van der Waals surface area contributed by atoms with E-state index in [4.69, 9.17) is 17.6 Å². The molecule has 6 heteroatoms. The van der Waals surface area contributed by atoms with Crippen LogP contribution in [-0.4, -0.2) is 40.5 Å². The van der Waals surface area contributed by atoms with Crippen molar-refractivity contribution >= 4 is 30.4 Å². The van der Waals surface area contributed by atoms with E-state index in [-0.39, 0.29) is 18.2 Å². The second-order valence-corrected chi connectivity index (χ2v) is 7.96. The van der Waals surface area contributed by atoms with Crippen molar-refractivity contribution in [3.63, 3.8) is 0 Å². The summed E-state index contributed by atoms with van der Waals surface area (Å²) in [6.07, 6.45) is 2.98. The number of nitrogens with zero attached hydrogens (tertiary/aromatic N) is 2. The molecule has 1 aliphatic carbocycles. The number of ether oxygens (including phenoxy) is 1. The standard InChI is InChI=1S/C18H22BN3O2/c1-18(2,3)24-17(23)22-12-6-4-10(8-12)15(22)16-20-13-7-5-11(19)9-14(13)21-16/h5,7,9-10,12,15H,4,6,8H2,1-3H3,(H,20,21)/t10-,12+,15?/m0/s1. The highest BCUT2D eigenvalue weighted by atomic mass is 16.6. The van der Waals surface area contributed by atoms with Crippen molar-refractivity contribution < 1.29 is 9.53 Å². The summed E-state index contributed by atoms with van der Waals surface area (Å²) in [6, 6.07) is 5.87. The summed E-state index contributed by atoms with van der Waals surface area (Å²) < 4.78 is 5.64. The monoisotopic (exact) mass is 323 g/mol. The molecule has 3 atom stereocenters. The number of aromatic nitrogens is 2. The molecule has 1 aromatic heterocycles. The number of nitrogens with one attached hydrogen (secondary N) is 1. The maximum Gasteiger partial charge on any atom is 0.411 e. The number of amides is 1. The summed E-state index contributed by atoms with van der Waals surface area (Å²) in [6.45, 7) is 5.70. The number of H-pyrrole nitrogens is 1. The Bertz CT molecular complexity index is 795. The number of rotatable bonds is 1. The lowest BCUT2D eigenvalue weighted by Crippen LogP contribution is -2.43. The predicted octanol–water partition coefficient (Wildman–Crippen LogP) is 2.82. The van der Waals surface area contributed by atoms with E-state index in [1.165, 1.54) is 0 Å². The zero-order chi connectivity index (χ0) is 17.1. The summed E-state index contributed by atoms with van der Waals surface area (Å²) in [5.41, 5.74) is 2.00. The Balaban J connectivity index is 1.69. The lowest BCUT2D eigenvalue weighted by atomic mass is 9.96. The first kappa shape index (κ1) is 15.5. The van der Waals surface area contributed by atoms with Gasteiger partial charge in [-0.25, -0.2) is 9.78 Å². The fourth-order valence-corrected chi connectivity index (χ4v) is 4.10. The molecule has 1 saturated heterocycles. The number of aromatic amines is 1. The highest BCUT2D eigenvalue weighted by molar-refractivity contribution is 6.33. The van der Waals surface area contributed by atoms with Crippen LogP contribution in [0.1, 0.15) is 51.9 Å². The Morgan fingerprint density at radius 3 is 2.92 bits per heavy atom. The molecule has 2 aromatic rings. The minimum Gasteiger partial charge on any atom is -0.444 e. The SMILES string of the molecule is [B]c1ccc2nc(C3[C@H]4CC[C@H](C4)N3C(=O)OC(C)(C)C)[nH]c2c1. The number of benzene rings is 1. The van der Waals surface area contributed by atoms with Crippen LogP contribution >= 0.6 is 0 Å². The summed E-state index contributed by atoms with van der Waals surface area (Å²) in [5.74, 6) is 1.29. The van der Waals surface area contributed by atoms with E-state index in [0.717, 1.165) is 36.1 Å². The predicted molar refractivity (Wildman–Crippen MR) is 93.4 cm³/mol. The Labute approximate surface area is 143 Å². The van der Waals surface area contributed by atoms with E-state index in [0.29, 0.717) is 11.4 Å². The third-order valence-electron chi connectivity index (χ3n) is 4.99. The van der Waals surface area contributed by atoms with Gasteiger partial charge in [0.15, 0.2) is 0 Å². The minimum absolute atomic E-state index is 0.0350. The molecule has 24 heavy (non-hydrogen) atoms. The number of imidazole rings is 1. The number of piperidine rings is 1. The van der Waals surface area contributed by atoms with E-state index < -0.39 is 5.60 Å². The van der Waals surface area contributed by atoms with Crippen LogP contribution in [0.15, 0.2) is 18.2 Å². The zero-order valence-corrected chi connectivity index (χ0v) is 14.4. The number of hydrogen-bond donors (Lipinski definition) is 1. The maximum absolute atomic E-state index is 12.7. The van der Waals surface area contributed by atoms with Gasteiger partial charge in [-0.2, -0.15) is 0 Å². The van der Waals surface area contributed by atoms with Crippen molar-refractivity contribution in [2.75, 3.05) is 0 Å². The average molecular weight is 323 g/mol. The first-order valence-electron chi connectivity index (χ1n) is 8.58. The van der Waals surface area contributed by atoms with Crippen molar-refractivity contribution in [2.45, 2.75) is 57.7 Å². The molecule has 5 nitrogen and oxygen atoms in total. The van der Waals surface area contributed by atoms with Crippen LogP contribution in [0.4, 0.5) is 4.79 Å². The lowest BCUT2D eigenvalue weighted by molar-refractivity contribution is 0.00623. The molecule has 124 valence electrons. The van der Waals surface area contributed by atoms with Crippen LogP contribution in [-0.2, 0) is 4.74 Å². The van der Waals surface area contributed by atoms with Gasteiger partial charge in [0.25, 0.3) is 0 Å². The van der Waals surface area contributed by atoms with Crippen LogP contribution in [0.3, 0.4) is 0 Å². The molecule has 4 rings (SSSR count). The van der Waals surface area contributed by atoms with Gasteiger partial charge >= 0.3 is 6.09 Å². The largest absolute Gasteiger partial charge is 0.444 e. The smallest absolute Gasteiger partial charge is 0.411 e. The van der Waals surface area contributed by atoms with Crippen LogP contribution < -0.4 is 5.46 Å². The number of likely N-dealkylation sites (tertiary alicyclic amines) is 1. The molecule has 1 aromatic carbocycles. The van der Waals surface area contributed by atoms with Crippen LogP contribution in [0.25, 0.3) is 11.0 Å². The first-order chi connectivity index (χ1) is 11.3. The molecule has 2 aliphatic rings. The summed E-state index contributed by atoms with van der Waals surface area (Å²) in [5, 5.41) is 0. The zero-order valence-electron chi connectivity index (χ0n) is 14.4. The second kappa shape index (κ2) is 5.26. The fraction of sp³-hybridized carbons (Fsp3) is 0.556. The maximum atomic E-state index is 12.7. The Kier molecular flexibility index (Phi) is 3.41. The summed E-state index contributed by atoms with van der Waals surface area (Å²) >= 11 is 0. The number of carbonyl (C=O) groups excluding carboxylic acids is 1. The molecule has 2 radical (unpaired) electrons. The van der Waals surface area contributed by atoms with Gasteiger partial charge in [0.2, 0.25) is 0 Å². The Morgan fingerprint density at radius 1 is 1.38 bits per heavy atom. The van der Waals surface area contributed by atoms with E-state index in [1.807, 2.05) is 43.9 Å². The Morgan fingerprint density at radius 2 is 2.17 bits per heavy atom. The molecule has 1 N–H and O–H groups in total. The molecule has 1 unspecified atom stereocenters. The molecular formula is C18H22BN3O2. The molecule has 0 spiro atoms. The highest BCUT2D eigenvalue weighted by Gasteiger charge is 2.51. The number of hydrogen-bond acceptors (Lipinski definition) is 3. The van der Waals surface area contributed by atoms with E-state index >= 15 is 0 Å². The molecule has 2 bridgehead atoms. The summed E-state index contributed by atoms with van der Waals surface area (Å²) in [7, 11) is 5.86. The van der Waals surface area contributed by atoms with Gasteiger partial charge in [-0.3, -0.25) is 4.90 Å². The average Bonchev–Trinajstić information content (AvgIpc) is 3.17. The van der Waals surface area contributed by atoms with Crippen molar-refractivity contribution in [3.05, 3.63) is 24.0 Å². The molecule has 1 amide bonds. The van der Waals surface area contributed by atoms with Gasteiger partial charge in [0, 0.05) is 6.04 Å². The van der Waals surface area contributed by atoms with Gasteiger partial charge < -0.3 is 9.72 Å². The van der Waals surface area contributed by atoms with E-state index in [2.05, 4.69) is 4.98 Å². The quantitative estimate of drug-likeness (QED) is 0.821. The third-order valence-corrected chi connectivity index (χ3v) is 4.99. The normalized spacial score (nSPS) is 26.3. The van der Waals surface area contributed by atoms with Crippen LogP contribution in [0, 0.1) is 5.92 Å². The number of fused-ring (bicyclic) bond motifs is 3. The highest BCUT2D eigenvalue weighted by Crippen LogP contribution is 2.50.